The Bertz CT molecular complexity index is 673. The highest BCUT2D eigenvalue weighted by Crippen LogP contribution is 2.41. The van der Waals surface area contributed by atoms with Crippen LogP contribution in [0.25, 0.3) is 0 Å². The van der Waals surface area contributed by atoms with E-state index >= 15 is 0 Å². The van der Waals surface area contributed by atoms with Gasteiger partial charge in [0.05, 0.1) is 0 Å². The third-order valence-electron chi connectivity index (χ3n) is 3.92. The van der Waals surface area contributed by atoms with E-state index in [4.69, 9.17) is 9.15 Å². The van der Waals surface area contributed by atoms with Crippen LogP contribution in [0.1, 0.15) is 58.9 Å². The Balaban J connectivity index is 1.42. The molecule has 1 aliphatic carbocycles. The SMILES string of the molecule is O=C(Nc1nsc(C2CC2)n1)c1coc(C2CCOCC2)n1. The number of nitrogens with zero attached hydrogens (tertiary/aromatic N) is 3. The first kappa shape index (κ1) is 13.8. The summed E-state index contributed by atoms with van der Waals surface area (Å²) in [5.41, 5.74) is 0.268. The average molecular weight is 320 g/mol. The van der Waals surface area contributed by atoms with Gasteiger partial charge in [-0.15, -0.1) is 0 Å². The van der Waals surface area contributed by atoms with Crippen molar-refractivity contribution in [3.63, 3.8) is 0 Å². The quantitative estimate of drug-likeness (QED) is 0.931. The molecule has 7 nitrogen and oxygen atoms in total. The van der Waals surface area contributed by atoms with Gasteiger partial charge in [0, 0.05) is 25.0 Å². The number of anilines is 1. The summed E-state index contributed by atoms with van der Waals surface area (Å²) in [6.45, 7) is 1.42. The lowest BCUT2D eigenvalue weighted by Gasteiger charge is -2.18. The largest absolute Gasteiger partial charge is 0.448 e. The van der Waals surface area contributed by atoms with Crippen LogP contribution in [-0.2, 0) is 4.74 Å². The van der Waals surface area contributed by atoms with Gasteiger partial charge in [-0.25, -0.2) is 9.97 Å². The van der Waals surface area contributed by atoms with Gasteiger partial charge in [0.1, 0.15) is 11.3 Å². The highest BCUT2D eigenvalue weighted by molar-refractivity contribution is 7.05. The van der Waals surface area contributed by atoms with E-state index < -0.39 is 0 Å². The molecular formula is C14H16N4O3S. The number of carbonyl (C=O) groups excluding carboxylic acids is 1. The molecule has 1 N–H and O–H groups in total. The van der Waals surface area contributed by atoms with Crippen molar-refractivity contribution in [3.05, 3.63) is 22.9 Å². The molecule has 2 aromatic heterocycles. The molecule has 3 heterocycles. The number of hydrogen-bond donors (Lipinski definition) is 1. The molecule has 116 valence electrons. The fraction of sp³-hybridized carbons (Fsp3) is 0.571. The lowest BCUT2D eigenvalue weighted by molar-refractivity contribution is 0.0794. The molecule has 1 aliphatic heterocycles. The minimum atomic E-state index is -0.331. The van der Waals surface area contributed by atoms with Crippen molar-refractivity contribution in [3.8, 4) is 0 Å². The third kappa shape index (κ3) is 2.89. The van der Waals surface area contributed by atoms with Gasteiger partial charge in [-0.05, 0) is 37.2 Å². The molecule has 0 aromatic carbocycles. The van der Waals surface area contributed by atoms with Crippen LogP contribution in [0.15, 0.2) is 10.7 Å². The van der Waals surface area contributed by atoms with Gasteiger partial charge in [-0.3, -0.25) is 10.1 Å². The molecule has 22 heavy (non-hydrogen) atoms. The topological polar surface area (TPSA) is 90.1 Å². The third-order valence-corrected chi connectivity index (χ3v) is 4.79. The highest BCUT2D eigenvalue weighted by Gasteiger charge is 2.28. The van der Waals surface area contributed by atoms with E-state index in [2.05, 4.69) is 19.7 Å². The maximum absolute atomic E-state index is 12.2. The van der Waals surface area contributed by atoms with Crippen LogP contribution in [0.2, 0.25) is 0 Å². The first-order chi connectivity index (χ1) is 10.8. The summed E-state index contributed by atoms with van der Waals surface area (Å²) in [5.74, 6) is 1.40. The summed E-state index contributed by atoms with van der Waals surface area (Å²) in [7, 11) is 0. The van der Waals surface area contributed by atoms with Crippen molar-refractivity contribution >= 4 is 23.4 Å². The zero-order valence-electron chi connectivity index (χ0n) is 11.9. The molecule has 0 spiro atoms. The molecule has 2 aliphatic rings. The molecule has 1 saturated heterocycles. The zero-order chi connectivity index (χ0) is 14.9. The van der Waals surface area contributed by atoms with E-state index in [0.29, 0.717) is 31.0 Å². The van der Waals surface area contributed by atoms with Crippen LogP contribution in [0.5, 0.6) is 0 Å². The minimum absolute atomic E-state index is 0.231. The fourth-order valence-corrected chi connectivity index (χ4v) is 3.25. The lowest BCUT2D eigenvalue weighted by Crippen LogP contribution is -2.16. The summed E-state index contributed by atoms with van der Waals surface area (Å²) in [6.07, 6.45) is 5.48. The number of nitrogens with one attached hydrogen (secondary N) is 1. The Labute approximate surface area is 131 Å². The van der Waals surface area contributed by atoms with E-state index in [0.717, 1.165) is 17.8 Å². The van der Waals surface area contributed by atoms with Crippen LogP contribution < -0.4 is 5.32 Å². The maximum Gasteiger partial charge on any atom is 0.280 e. The molecular weight excluding hydrogens is 304 g/mol. The Kier molecular flexibility index (Phi) is 3.63. The van der Waals surface area contributed by atoms with Crippen LogP contribution in [0.3, 0.4) is 0 Å². The van der Waals surface area contributed by atoms with E-state index in [-0.39, 0.29) is 17.5 Å². The molecule has 1 saturated carbocycles. The Hall–Kier alpha value is -1.80. The number of rotatable bonds is 4. The first-order valence-corrected chi connectivity index (χ1v) is 8.25. The number of ether oxygens (including phenoxy) is 1. The van der Waals surface area contributed by atoms with Crippen molar-refractivity contribution in [2.45, 2.75) is 37.5 Å². The van der Waals surface area contributed by atoms with E-state index in [1.807, 2.05) is 0 Å². The molecule has 0 radical (unpaired) electrons. The molecule has 4 rings (SSSR count). The molecule has 0 unspecified atom stereocenters. The number of amides is 1. The highest BCUT2D eigenvalue weighted by atomic mass is 32.1. The second kappa shape index (κ2) is 5.77. The van der Waals surface area contributed by atoms with Gasteiger partial charge < -0.3 is 9.15 Å². The summed E-state index contributed by atoms with van der Waals surface area (Å²) >= 11 is 1.35. The van der Waals surface area contributed by atoms with Gasteiger partial charge in [-0.2, -0.15) is 4.37 Å². The van der Waals surface area contributed by atoms with Crippen LogP contribution in [-0.4, -0.2) is 33.5 Å². The van der Waals surface area contributed by atoms with Crippen LogP contribution in [0, 0.1) is 0 Å². The zero-order valence-corrected chi connectivity index (χ0v) is 12.8. The van der Waals surface area contributed by atoms with Gasteiger partial charge in [0.25, 0.3) is 5.91 Å². The number of aromatic nitrogens is 3. The van der Waals surface area contributed by atoms with Gasteiger partial charge in [0.2, 0.25) is 5.95 Å². The van der Waals surface area contributed by atoms with Gasteiger partial charge in [0.15, 0.2) is 11.6 Å². The van der Waals surface area contributed by atoms with Crippen molar-refractivity contribution < 1.29 is 13.9 Å². The summed E-state index contributed by atoms with van der Waals surface area (Å²) in [4.78, 5) is 20.8. The van der Waals surface area contributed by atoms with E-state index in [1.54, 1.807) is 0 Å². The predicted molar refractivity (Wildman–Crippen MR) is 79.1 cm³/mol. The van der Waals surface area contributed by atoms with Crippen molar-refractivity contribution in [1.29, 1.82) is 0 Å². The summed E-state index contributed by atoms with van der Waals surface area (Å²) in [5, 5.41) is 3.68. The molecule has 0 bridgehead atoms. The predicted octanol–water partition coefficient (Wildman–Crippen LogP) is 2.55. The lowest BCUT2D eigenvalue weighted by atomic mass is 10.0. The fourth-order valence-electron chi connectivity index (χ4n) is 2.47. The monoisotopic (exact) mass is 320 g/mol. The molecule has 1 amide bonds. The Morgan fingerprint density at radius 2 is 2.00 bits per heavy atom. The molecule has 2 fully saturated rings. The number of hydrogen-bond acceptors (Lipinski definition) is 7. The van der Waals surface area contributed by atoms with Crippen LogP contribution in [0.4, 0.5) is 5.95 Å². The molecule has 2 aromatic rings. The smallest absolute Gasteiger partial charge is 0.280 e. The van der Waals surface area contributed by atoms with E-state index in [1.165, 1.54) is 30.6 Å². The normalized spacial score (nSPS) is 19.3. The summed E-state index contributed by atoms with van der Waals surface area (Å²) in [6, 6.07) is 0. The average Bonchev–Trinajstić information content (AvgIpc) is 3.10. The van der Waals surface area contributed by atoms with Crippen molar-refractivity contribution in [1.82, 2.24) is 14.3 Å². The second-order valence-electron chi connectivity index (χ2n) is 5.64. The van der Waals surface area contributed by atoms with Gasteiger partial charge >= 0.3 is 0 Å². The molecule has 8 heteroatoms. The Morgan fingerprint density at radius 3 is 2.77 bits per heavy atom. The first-order valence-electron chi connectivity index (χ1n) is 7.48. The standard InChI is InChI=1S/C14H16N4O3S/c19-11(16-14-17-13(22-18-14)9-1-2-9)10-7-21-12(15-10)8-3-5-20-6-4-8/h7-9H,1-6H2,(H,16,18,19). The Morgan fingerprint density at radius 1 is 1.18 bits per heavy atom. The van der Waals surface area contributed by atoms with Gasteiger partial charge in [-0.1, -0.05) is 0 Å². The minimum Gasteiger partial charge on any atom is -0.448 e. The summed E-state index contributed by atoms with van der Waals surface area (Å²) < 4.78 is 14.9. The van der Waals surface area contributed by atoms with Crippen molar-refractivity contribution in [2.75, 3.05) is 18.5 Å². The number of oxazole rings is 1. The molecule has 0 atom stereocenters. The van der Waals surface area contributed by atoms with Crippen LogP contribution >= 0.6 is 11.5 Å². The van der Waals surface area contributed by atoms with E-state index in [9.17, 15) is 4.79 Å². The van der Waals surface area contributed by atoms with Crippen molar-refractivity contribution in [2.24, 2.45) is 0 Å². The maximum atomic E-state index is 12.2. The second-order valence-corrected chi connectivity index (χ2v) is 6.43. The number of carbonyl (C=O) groups is 1.